The van der Waals surface area contributed by atoms with Crippen LogP contribution >= 0.6 is 23.4 Å². The number of halogens is 4. The molecule has 0 atom stereocenters. The lowest BCUT2D eigenvalue weighted by atomic mass is 10.2. The highest BCUT2D eigenvalue weighted by molar-refractivity contribution is 7.99. The van der Waals surface area contributed by atoms with Gasteiger partial charge in [-0.15, -0.1) is 10.2 Å². The number of imide groups is 1. The van der Waals surface area contributed by atoms with Crippen LogP contribution in [0.3, 0.4) is 0 Å². The topological polar surface area (TPSA) is 76.4 Å². The molecule has 11 heteroatoms. The predicted molar refractivity (Wildman–Crippen MR) is 92.6 cm³/mol. The minimum atomic E-state index is -4.59. The van der Waals surface area contributed by atoms with Crippen molar-refractivity contribution in [3.63, 3.8) is 0 Å². The summed E-state index contributed by atoms with van der Waals surface area (Å²) in [4.78, 5) is 23.8. The minimum absolute atomic E-state index is 0.0351. The Morgan fingerprint density at radius 1 is 1.19 bits per heavy atom. The van der Waals surface area contributed by atoms with Crippen LogP contribution < -0.4 is 5.32 Å². The average molecular weight is 415 g/mol. The SMILES string of the molecule is O=C(CSc1nnc2c(Cl)cc(C(F)(F)F)cn12)NC(=O)c1ccccc1. The highest BCUT2D eigenvalue weighted by Gasteiger charge is 2.32. The maximum absolute atomic E-state index is 12.9. The fourth-order valence-corrected chi connectivity index (χ4v) is 3.10. The van der Waals surface area contributed by atoms with Crippen LogP contribution in [0.5, 0.6) is 0 Å². The van der Waals surface area contributed by atoms with Gasteiger partial charge < -0.3 is 0 Å². The molecule has 2 aromatic heterocycles. The Morgan fingerprint density at radius 2 is 1.89 bits per heavy atom. The number of thioether (sulfide) groups is 1. The van der Waals surface area contributed by atoms with E-state index in [1.165, 1.54) is 0 Å². The average Bonchev–Trinajstić information content (AvgIpc) is 3.03. The van der Waals surface area contributed by atoms with Gasteiger partial charge in [0, 0.05) is 11.8 Å². The molecule has 0 aliphatic heterocycles. The van der Waals surface area contributed by atoms with Crippen molar-refractivity contribution in [3.05, 3.63) is 58.7 Å². The molecule has 1 N–H and O–H groups in total. The molecule has 2 heterocycles. The predicted octanol–water partition coefficient (Wildman–Crippen LogP) is 3.45. The van der Waals surface area contributed by atoms with Gasteiger partial charge in [0.15, 0.2) is 10.8 Å². The molecular weight excluding hydrogens is 405 g/mol. The van der Waals surface area contributed by atoms with E-state index in [-0.39, 0.29) is 21.6 Å². The summed E-state index contributed by atoms with van der Waals surface area (Å²) in [7, 11) is 0. The molecule has 0 radical (unpaired) electrons. The molecule has 0 spiro atoms. The summed E-state index contributed by atoms with van der Waals surface area (Å²) >= 11 is 6.65. The van der Waals surface area contributed by atoms with Crippen LogP contribution in [-0.2, 0) is 11.0 Å². The highest BCUT2D eigenvalue weighted by atomic mass is 35.5. The van der Waals surface area contributed by atoms with E-state index in [0.717, 1.165) is 28.4 Å². The van der Waals surface area contributed by atoms with Crippen LogP contribution in [0.1, 0.15) is 15.9 Å². The number of fused-ring (bicyclic) bond motifs is 1. The number of pyridine rings is 1. The van der Waals surface area contributed by atoms with Crippen LogP contribution in [0, 0.1) is 0 Å². The molecule has 1 aromatic carbocycles. The molecule has 0 fully saturated rings. The highest BCUT2D eigenvalue weighted by Crippen LogP contribution is 2.33. The fourth-order valence-electron chi connectivity index (χ4n) is 2.14. The first-order chi connectivity index (χ1) is 12.8. The number of nitrogens with zero attached hydrogens (tertiary/aromatic N) is 3. The Hall–Kier alpha value is -2.59. The normalized spacial score (nSPS) is 11.6. The molecule has 2 amide bonds. The molecule has 0 saturated carbocycles. The summed E-state index contributed by atoms with van der Waals surface area (Å²) in [5, 5.41) is 9.49. The third kappa shape index (κ3) is 4.40. The summed E-state index contributed by atoms with van der Waals surface area (Å²) in [6.45, 7) is 0. The standard InChI is InChI=1S/C16H10ClF3N4O2S/c17-11-6-10(16(18,19)20)7-24-13(11)22-23-15(24)27-8-12(25)21-14(26)9-4-2-1-3-5-9/h1-7H,8H2,(H,21,25,26). The first-order valence-electron chi connectivity index (χ1n) is 7.39. The zero-order chi connectivity index (χ0) is 19.6. The van der Waals surface area contributed by atoms with Crippen molar-refractivity contribution in [2.45, 2.75) is 11.3 Å². The molecule has 140 valence electrons. The van der Waals surface area contributed by atoms with E-state index in [4.69, 9.17) is 11.6 Å². The lowest BCUT2D eigenvalue weighted by Crippen LogP contribution is -2.31. The van der Waals surface area contributed by atoms with Gasteiger partial charge in [0.05, 0.1) is 16.3 Å². The molecule has 0 aliphatic rings. The fraction of sp³-hybridized carbons (Fsp3) is 0.125. The van der Waals surface area contributed by atoms with E-state index >= 15 is 0 Å². The number of carbonyl (C=O) groups is 2. The monoisotopic (exact) mass is 414 g/mol. The summed E-state index contributed by atoms with van der Waals surface area (Å²) < 4.78 is 39.9. The largest absolute Gasteiger partial charge is 0.417 e. The van der Waals surface area contributed by atoms with Gasteiger partial charge in [0.1, 0.15) is 0 Å². The van der Waals surface area contributed by atoms with Gasteiger partial charge in [-0.1, -0.05) is 41.6 Å². The second kappa shape index (κ2) is 7.57. The van der Waals surface area contributed by atoms with E-state index in [0.29, 0.717) is 5.56 Å². The van der Waals surface area contributed by atoms with E-state index in [1.807, 2.05) is 0 Å². The maximum Gasteiger partial charge on any atom is 0.417 e. The van der Waals surface area contributed by atoms with Crippen molar-refractivity contribution >= 4 is 40.8 Å². The van der Waals surface area contributed by atoms with Crippen molar-refractivity contribution in [2.75, 3.05) is 5.75 Å². The van der Waals surface area contributed by atoms with E-state index in [2.05, 4.69) is 15.5 Å². The van der Waals surface area contributed by atoms with Crippen LogP contribution in [0.2, 0.25) is 5.02 Å². The Kier molecular flexibility index (Phi) is 5.38. The summed E-state index contributed by atoms with van der Waals surface area (Å²) in [5.74, 6) is -1.44. The van der Waals surface area contributed by atoms with Gasteiger partial charge in [-0.2, -0.15) is 13.2 Å². The molecule has 0 aliphatic carbocycles. The number of benzene rings is 1. The number of hydrogen-bond acceptors (Lipinski definition) is 5. The maximum atomic E-state index is 12.9. The van der Waals surface area contributed by atoms with E-state index in [1.54, 1.807) is 30.3 Å². The summed E-state index contributed by atoms with van der Waals surface area (Å²) in [6.07, 6.45) is -3.79. The number of aromatic nitrogens is 3. The number of amides is 2. The van der Waals surface area contributed by atoms with Crippen LogP contribution in [0.4, 0.5) is 13.2 Å². The second-order valence-electron chi connectivity index (χ2n) is 5.28. The van der Waals surface area contributed by atoms with Gasteiger partial charge in [0.25, 0.3) is 5.91 Å². The van der Waals surface area contributed by atoms with Crippen molar-refractivity contribution in [2.24, 2.45) is 0 Å². The molecule has 6 nitrogen and oxygen atoms in total. The lowest BCUT2D eigenvalue weighted by molar-refractivity contribution is -0.137. The zero-order valence-electron chi connectivity index (χ0n) is 13.3. The number of rotatable bonds is 4. The van der Waals surface area contributed by atoms with Gasteiger partial charge in [-0.05, 0) is 18.2 Å². The van der Waals surface area contributed by atoms with Crippen LogP contribution in [0.15, 0.2) is 47.8 Å². The Balaban J connectivity index is 1.72. The number of nitrogens with one attached hydrogen (secondary N) is 1. The second-order valence-corrected chi connectivity index (χ2v) is 6.63. The van der Waals surface area contributed by atoms with Crippen molar-refractivity contribution in [1.82, 2.24) is 19.9 Å². The first-order valence-corrected chi connectivity index (χ1v) is 8.75. The molecule has 3 rings (SSSR count). The van der Waals surface area contributed by atoms with E-state index < -0.39 is 23.6 Å². The third-order valence-corrected chi connectivity index (χ3v) is 4.60. The molecular formula is C16H10ClF3N4O2S. The van der Waals surface area contributed by atoms with Crippen molar-refractivity contribution in [1.29, 1.82) is 0 Å². The first kappa shape index (κ1) is 19.2. The lowest BCUT2D eigenvalue weighted by Gasteiger charge is -2.08. The van der Waals surface area contributed by atoms with Crippen molar-refractivity contribution < 1.29 is 22.8 Å². The minimum Gasteiger partial charge on any atom is -0.292 e. The van der Waals surface area contributed by atoms with Crippen molar-refractivity contribution in [3.8, 4) is 0 Å². The third-order valence-electron chi connectivity index (χ3n) is 3.38. The molecule has 3 aromatic rings. The number of carbonyl (C=O) groups excluding carboxylic acids is 2. The summed E-state index contributed by atoms with van der Waals surface area (Å²) in [5.41, 5.74) is -0.622. The van der Waals surface area contributed by atoms with Gasteiger partial charge in [-0.25, -0.2) is 0 Å². The number of hydrogen-bond donors (Lipinski definition) is 1. The zero-order valence-corrected chi connectivity index (χ0v) is 14.9. The Morgan fingerprint density at radius 3 is 2.56 bits per heavy atom. The molecule has 0 saturated heterocycles. The Labute approximate surface area is 159 Å². The molecule has 0 bridgehead atoms. The molecule has 0 unspecified atom stereocenters. The smallest absolute Gasteiger partial charge is 0.292 e. The van der Waals surface area contributed by atoms with Crippen LogP contribution in [0.25, 0.3) is 5.65 Å². The quantitative estimate of drug-likeness (QED) is 0.662. The van der Waals surface area contributed by atoms with Gasteiger partial charge in [-0.3, -0.25) is 19.3 Å². The van der Waals surface area contributed by atoms with Gasteiger partial charge >= 0.3 is 6.18 Å². The summed E-state index contributed by atoms with van der Waals surface area (Å²) in [6, 6.07) is 8.87. The molecule has 27 heavy (non-hydrogen) atoms. The van der Waals surface area contributed by atoms with Gasteiger partial charge in [0.2, 0.25) is 5.91 Å². The van der Waals surface area contributed by atoms with Crippen LogP contribution in [-0.4, -0.2) is 32.2 Å². The Bertz CT molecular complexity index is 1010. The van der Waals surface area contributed by atoms with E-state index in [9.17, 15) is 22.8 Å². The number of alkyl halides is 3.